The van der Waals surface area contributed by atoms with Gasteiger partial charge in [0.15, 0.2) is 5.78 Å². The summed E-state index contributed by atoms with van der Waals surface area (Å²) in [7, 11) is 0. The second-order valence-corrected chi connectivity index (χ2v) is 4.84. The van der Waals surface area contributed by atoms with E-state index in [0.29, 0.717) is 25.9 Å². The normalized spacial score (nSPS) is 22.2. The maximum absolute atomic E-state index is 11.8. The number of carbonyl (C=O) groups excluding carboxylic acids is 3. The van der Waals surface area contributed by atoms with Gasteiger partial charge in [0.2, 0.25) is 0 Å². The highest BCUT2D eigenvalue weighted by atomic mass is 16.5. The van der Waals surface area contributed by atoms with Gasteiger partial charge in [-0.3, -0.25) is 9.59 Å². The van der Waals surface area contributed by atoms with E-state index in [-0.39, 0.29) is 36.5 Å². The van der Waals surface area contributed by atoms with Crippen molar-refractivity contribution in [2.45, 2.75) is 64.6 Å². The first-order chi connectivity index (χ1) is 9.02. The molecule has 1 aliphatic heterocycles. The van der Waals surface area contributed by atoms with E-state index in [1.807, 2.05) is 0 Å². The van der Waals surface area contributed by atoms with E-state index in [1.165, 1.54) is 0 Å². The summed E-state index contributed by atoms with van der Waals surface area (Å²) in [5.41, 5.74) is 0. The SMILES string of the molecule is CCOC(=O)CCC(=O)C1CCC(CCC(C)=O)O1. The summed E-state index contributed by atoms with van der Waals surface area (Å²) in [6.45, 7) is 3.62. The zero-order valence-electron chi connectivity index (χ0n) is 11.6. The highest BCUT2D eigenvalue weighted by Gasteiger charge is 2.30. The predicted molar refractivity (Wildman–Crippen MR) is 68.7 cm³/mol. The number of ether oxygens (including phenoxy) is 2. The van der Waals surface area contributed by atoms with Gasteiger partial charge in [-0.2, -0.15) is 0 Å². The number of rotatable bonds is 8. The summed E-state index contributed by atoms with van der Waals surface area (Å²) in [6, 6.07) is 0. The van der Waals surface area contributed by atoms with Gasteiger partial charge in [-0.25, -0.2) is 0 Å². The van der Waals surface area contributed by atoms with E-state index < -0.39 is 6.10 Å². The first kappa shape index (κ1) is 15.8. The molecule has 0 N–H and O–H groups in total. The molecular weight excluding hydrogens is 248 g/mol. The first-order valence-corrected chi connectivity index (χ1v) is 6.86. The predicted octanol–water partition coefficient (Wildman–Crippen LogP) is 1.82. The Morgan fingerprint density at radius 1 is 1.16 bits per heavy atom. The van der Waals surface area contributed by atoms with Crippen molar-refractivity contribution < 1.29 is 23.9 Å². The van der Waals surface area contributed by atoms with Crippen LogP contribution in [0.5, 0.6) is 0 Å². The third kappa shape index (κ3) is 5.96. The third-order valence-corrected chi connectivity index (χ3v) is 3.17. The van der Waals surface area contributed by atoms with Crippen molar-refractivity contribution in [1.29, 1.82) is 0 Å². The zero-order chi connectivity index (χ0) is 14.3. The van der Waals surface area contributed by atoms with Gasteiger partial charge in [0.1, 0.15) is 11.9 Å². The van der Waals surface area contributed by atoms with Crippen molar-refractivity contribution in [2.75, 3.05) is 6.61 Å². The van der Waals surface area contributed by atoms with E-state index in [9.17, 15) is 14.4 Å². The smallest absolute Gasteiger partial charge is 0.306 e. The van der Waals surface area contributed by atoms with Crippen LogP contribution in [0.3, 0.4) is 0 Å². The molecule has 108 valence electrons. The first-order valence-electron chi connectivity index (χ1n) is 6.86. The van der Waals surface area contributed by atoms with E-state index in [0.717, 1.165) is 6.42 Å². The summed E-state index contributed by atoms with van der Waals surface area (Å²) >= 11 is 0. The minimum Gasteiger partial charge on any atom is -0.466 e. The van der Waals surface area contributed by atoms with E-state index >= 15 is 0 Å². The van der Waals surface area contributed by atoms with Crippen LogP contribution in [0, 0.1) is 0 Å². The monoisotopic (exact) mass is 270 g/mol. The number of esters is 1. The van der Waals surface area contributed by atoms with Crippen molar-refractivity contribution >= 4 is 17.5 Å². The lowest BCUT2D eigenvalue weighted by molar-refractivity contribution is -0.145. The summed E-state index contributed by atoms with van der Waals surface area (Å²) in [6.07, 6.45) is 2.54. The van der Waals surface area contributed by atoms with Crippen LogP contribution in [0.2, 0.25) is 0 Å². The molecule has 1 rings (SSSR count). The quantitative estimate of drug-likeness (QED) is 0.629. The van der Waals surface area contributed by atoms with Crippen LogP contribution in [0.1, 0.15) is 52.4 Å². The lowest BCUT2D eigenvalue weighted by atomic mass is 10.1. The van der Waals surface area contributed by atoms with Gasteiger partial charge >= 0.3 is 5.97 Å². The molecule has 1 fully saturated rings. The fraction of sp³-hybridized carbons (Fsp3) is 0.786. The molecule has 0 radical (unpaired) electrons. The number of ketones is 2. The molecule has 5 heteroatoms. The molecule has 0 aromatic carbocycles. The molecule has 2 atom stereocenters. The van der Waals surface area contributed by atoms with Crippen molar-refractivity contribution in [1.82, 2.24) is 0 Å². The maximum atomic E-state index is 11.8. The molecule has 0 aromatic rings. The van der Waals surface area contributed by atoms with Crippen molar-refractivity contribution in [2.24, 2.45) is 0 Å². The molecule has 0 bridgehead atoms. The summed E-state index contributed by atoms with van der Waals surface area (Å²) in [5.74, 6) is -0.249. The average Bonchev–Trinajstić information content (AvgIpc) is 2.82. The van der Waals surface area contributed by atoms with E-state index in [2.05, 4.69) is 0 Å². The van der Waals surface area contributed by atoms with Gasteiger partial charge in [0.25, 0.3) is 0 Å². The third-order valence-electron chi connectivity index (χ3n) is 3.17. The Kier molecular flexibility index (Phi) is 6.70. The molecule has 1 saturated heterocycles. The Hall–Kier alpha value is -1.23. The molecule has 0 spiro atoms. The average molecular weight is 270 g/mol. The maximum Gasteiger partial charge on any atom is 0.306 e. The van der Waals surface area contributed by atoms with Crippen LogP contribution < -0.4 is 0 Å². The Balaban J connectivity index is 2.24. The Labute approximate surface area is 113 Å². The van der Waals surface area contributed by atoms with Crippen LogP contribution in [0.4, 0.5) is 0 Å². The molecule has 19 heavy (non-hydrogen) atoms. The van der Waals surface area contributed by atoms with Gasteiger partial charge in [-0.15, -0.1) is 0 Å². The number of hydrogen-bond acceptors (Lipinski definition) is 5. The molecular formula is C14H22O5. The van der Waals surface area contributed by atoms with Gasteiger partial charge < -0.3 is 14.3 Å². The standard InChI is InChI=1S/C14H22O5/c1-3-18-14(17)9-7-12(16)13-8-6-11(19-13)5-4-10(2)15/h11,13H,3-9H2,1-2H3. The molecule has 2 unspecified atom stereocenters. The van der Waals surface area contributed by atoms with Crippen LogP contribution in [-0.2, 0) is 23.9 Å². The molecule has 1 heterocycles. The molecule has 0 saturated carbocycles. The van der Waals surface area contributed by atoms with Crippen molar-refractivity contribution in [3.8, 4) is 0 Å². The number of Topliss-reactive ketones (excluding diaryl/α,β-unsaturated/α-hetero) is 2. The summed E-state index contributed by atoms with van der Waals surface area (Å²) in [4.78, 5) is 33.9. The minimum absolute atomic E-state index is 0.000410. The Morgan fingerprint density at radius 2 is 1.89 bits per heavy atom. The fourth-order valence-electron chi connectivity index (χ4n) is 2.14. The highest BCUT2D eigenvalue weighted by Crippen LogP contribution is 2.24. The fourth-order valence-corrected chi connectivity index (χ4v) is 2.14. The van der Waals surface area contributed by atoms with E-state index in [4.69, 9.17) is 9.47 Å². The van der Waals surface area contributed by atoms with Gasteiger partial charge in [-0.05, 0) is 33.1 Å². The van der Waals surface area contributed by atoms with Crippen LogP contribution >= 0.6 is 0 Å². The molecule has 0 aliphatic carbocycles. The zero-order valence-corrected chi connectivity index (χ0v) is 11.6. The summed E-state index contributed by atoms with van der Waals surface area (Å²) < 4.78 is 10.4. The van der Waals surface area contributed by atoms with Gasteiger partial charge in [0.05, 0.1) is 19.1 Å². The lowest BCUT2D eigenvalue weighted by Crippen LogP contribution is -2.22. The largest absolute Gasteiger partial charge is 0.466 e. The Bertz CT molecular complexity index is 337. The minimum atomic E-state index is -0.411. The van der Waals surface area contributed by atoms with Gasteiger partial charge in [0, 0.05) is 12.8 Å². The van der Waals surface area contributed by atoms with Crippen LogP contribution in [0.15, 0.2) is 0 Å². The van der Waals surface area contributed by atoms with Crippen LogP contribution in [-0.4, -0.2) is 36.4 Å². The highest BCUT2D eigenvalue weighted by molar-refractivity contribution is 5.86. The van der Waals surface area contributed by atoms with Crippen molar-refractivity contribution in [3.05, 3.63) is 0 Å². The Morgan fingerprint density at radius 3 is 2.53 bits per heavy atom. The number of hydrogen-bond donors (Lipinski definition) is 0. The molecule has 5 nitrogen and oxygen atoms in total. The van der Waals surface area contributed by atoms with Gasteiger partial charge in [-0.1, -0.05) is 0 Å². The van der Waals surface area contributed by atoms with Crippen molar-refractivity contribution in [3.63, 3.8) is 0 Å². The van der Waals surface area contributed by atoms with E-state index in [1.54, 1.807) is 13.8 Å². The lowest BCUT2D eigenvalue weighted by Gasteiger charge is -2.12. The van der Waals surface area contributed by atoms with Crippen LogP contribution in [0.25, 0.3) is 0 Å². The molecule has 0 amide bonds. The summed E-state index contributed by atoms with van der Waals surface area (Å²) in [5, 5.41) is 0. The second-order valence-electron chi connectivity index (χ2n) is 4.84. The number of carbonyl (C=O) groups is 3. The second kappa shape index (κ2) is 8.04. The molecule has 1 aliphatic rings. The topological polar surface area (TPSA) is 69.7 Å². The molecule has 0 aromatic heterocycles.